The van der Waals surface area contributed by atoms with Gasteiger partial charge < -0.3 is 10.2 Å². The summed E-state index contributed by atoms with van der Waals surface area (Å²) in [5.74, 6) is 1.90. The number of carbonyl (C=O) groups excluding carboxylic acids is 1. The van der Waals surface area contributed by atoms with E-state index in [-0.39, 0.29) is 11.8 Å². The van der Waals surface area contributed by atoms with Crippen LogP contribution >= 0.6 is 0 Å². The predicted molar refractivity (Wildman–Crippen MR) is 113 cm³/mol. The molecule has 1 amide bonds. The van der Waals surface area contributed by atoms with Gasteiger partial charge in [0.15, 0.2) is 5.82 Å². The first-order valence-corrected chi connectivity index (χ1v) is 10.1. The molecule has 1 unspecified atom stereocenters. The highest BCUT2D eigenvalue weighted by Gasteiger charge is 2.27. The minimum atomic E-state index is -0.0768. The van der Waals surface area contributed by atoms with E-state index in [0.29, 0.717) is 12.5 Å². The van der Waals surface area contributed by atoms with E-state index in [1.165, 1.54) is 0 Å². The molecule has 0 aliphatic carbocycles. The third-order valence-corrected chi connectivity index (χ3v) is 5.33. The van der Waals surface area contributed by atoms with Crippen LogP contribution in [0.25, 0.3) is 5.82 Å². The Morgan fingerprint density at radius 1 is 1.17 bits per heavy atom. The molecule has 0 spiro atoms. The van der Waals surface area contributed by atoms with Crippen LogP contribution in [0.4, 0.5) is 11.5 Å². The second-order valence-electron chi connectivity index (χ2n) is 7.70. The minimum Gasteiger partial charge on any atom is -0.356 e. The maximum Gasteiger partial charge on any atom is 0.229 e. The lowest BCUT2D eigenvalue weighted by molar-refractivity contribution is -0.120. The number of rotatable bonds is 5. The monoisotopic (exact) mass is 390 g/mol. The van der Waals surface area contributed by atoms with E-state index in [2.05, 4.69) is 45.2 Å². The van der Waals surface area contributed by atoms with E-state index in [1.54, 1.807) is 17.2 Å². The highest BCUT2D eigenvalue weighted by atomic mass is 16.1. The van der Waals surface area contributed by atoms with Crippen molar-refractivity contribution in [1.82, 2.24) is 19.7 Å². The van der Waals surface area contributed by atoms with Crippen molar-refractivity contribution in [3.63, 3.8) is 0 Å². The lowest BCUT2D eigenvalue weighted by Gasteiger charge is -2.33. The molecule has 1 saturated heterocycles. The Morgan fingerprint density at radius 3 is 2.79 bits per heavy atom. The fourth-order valence-corrected chi connectivity index (χ4v) is 3.79. The number of amides is 1. The molecule has 7 heteroatoms. The highest BCUT2D eigenvalue weighted by molar-refractivity contribution is 5.93. The standard InChI is InChI=1S/C22H26N6O/c1-16(2)18-8-3-4-9-19(18)26-22(29)17-7-5-11-27(14-17)20-13-21(24-15-23-20)28-12-6-10-25-28/h3-4,6,8-10,12-13,15-17H,5,7,11,14H2,1-2H3,(H,26,29). The molecule has 29 heavy (non-hydrogen) atoms. The Hall–Kier alpha value is -3.22. The van der Waals surface area contributed by atoms with Crippen molar-refractivity contribution in [1.29, 1.82) is 0 Å². The van der Waals surface area contributed by atoms with Gasteiger partial charge >= 0.3 is 0 Å². The van der Waals surface area contributed by atoms with Gasteiger partial charge in [-0.3, -0.25) is 4.79 Å². The molecule has 1 atom stereocenters. The quantitative estimate of drug-likeness (QED) is 0.720. The maximum atomic E-state index is 13.0. The van der Waals surface area contributed by atoms with Crippen LogP contribution in [-0.4, -0.2) is 38.7 Å². The van der Waals surface area contributed by atoms with E-state index in [9.17, 15) is 4.79 Å². The van der Waals surface area contributed by atoms with Gasteiger partial charge in [-0.1, -0.05) is 32.0 Å². The number of nitrogens with one attached hydrogen (secondary N) is 1. The zero-order valence-corrected chi connectivity index (χ0v) is 16.8. The van der Waals surface area contributed by atoms with Crippen molar-refractivity contribution in [2.75, 3.05) is 23.3 Å². The van der Waals surface area contributed by atoms with Crippen LogP contribution in [0.5, 0.6) is 0 Å². The van der Waals surface area contributed by atoms with Gasteiger partial charge in [0.05, 0.1) is 5.92 Å². The number of benzene rings is 1. The molecule has 1 fully saturated rings. The van der Waals surface area contributed by atoms with Crippen LogP contribution < -0.4 is 10.2 Å². The first-order valence-electron chi connectivity index (χ1n) is 10.1. The molecule has 4 rings (SSSR count). The summed E-state index contributed by atoms with van der Waals surface area (Å²) in [5, 5.41) is 7.38. The van der Waals surface area contributed by atoms with Crippen molar-refractivity contribution in [2.45, 2.75) is 32.6 Å². The lowest BCUT2D eigenvalue weighted by atomic mass is 9.96. The van der Waals surface area contributed by atoms with Crippen LogP contribution in [0.2, 0.25) is 0 Å². The van der Waals surface area contributed by atoms with Gasteiger partial charge in [-0.15, -0.1) is 0 Å². The molecule has 1 aliphatic rings. The number of hydrogen-bond donors (Lipinski definition) is 1. The molecule has 0 bridgehead atoms. The second-order valence-corrected chi connectivity index (χ2v) is 7.70. The average molecular weight is 390 g/mol. The third kappa shape index (κ3) is 4.29. The molecule has 3 heterocycles. The number of nitrogens with zero attached hydrogens (tertiary/aromatic N) is 5. The van der Waals surface area contributed by atoms with Gasteiger partial charge in [-0.25, -0.2) is 14.6 Å². The number of piperidine rings is 1. The van der Waals surface area contributed by atoms with E-state index >= 15 is 0 Å². The zero-order valence-electron chi connectivity index (χ0n) is 16.8. The summed E-state index contributed by atoms with van der Waals surface area (Å²) in [6, 6.07) is 11.8. The largest absolute Gasteiger partial charge is 0.356 e. The molecule has 1 N–H and O–H groups in total. The summed E-state index contributed by atoms with van der Waals surface area (Å²) in [7, 11) is 0. The SMILES string of the molecule is CC(C)c1ccccc1NC(=O)C1CCCN(c2cc(-n3cccn3)ncn2)C1. The summed E-state index contributed by atoms with van der Waals surface area (Å²) in [4.78, 5) is 23.9. The Kier molecular flexibility index (Phi) is 5.55. The minimum absolute atomic E-state index is 0.0733. The normalized spacial score (nSPS) is 16.8. The van der Waals surface area contributed by atoms with E-state index in [1.807, 2.05) is 36.5 Å². The van der Waals surface area contributed by atoms with Crippen molar-refractivity contribution < 1.29 is 4.79 Å². The molecule has 150 valence electrons. The third-order valence-electron chi connectivity index (χ3n) is 5.33. The topological polar surface area (TPSA) is 75.9 Å². The zero-order chi connectivity index (χ0) is 20.2. The van der Waals surface area contributed by atoms with Gasteiger partial charge in [-0.05, 0) is 36.5 Å². The van der Waals surface area contributed by atoms with Crippen molar-refractivity contribution in [2.24, 2.45) is 5.92 Å². The van der Waals surface area contributed by atoms with Gasteiger partial charge in [0.25, 0.3) is 0 Å². The molecule has 7 nitrogen and oxygen atoms in total. The molecule has 3 aromatic rings. The molecule has 0 radical (unpaired) electrons. The van der Waals surface area contributed by atoms with Crippen LogP contribution in [0.15, 0.2) is 55.1 Å². The summed E-state index contributed by atoms with van der Waals surface area (Å²) in [6.07, 6.45) is 6.95. The Labute approximate surface area is 170 Å². The fourth-order valence-electron chi connectivity index (χ4n) is 3.79. The summed E-state index contributed by atoms with van der Waals surface area (Å²) < 4.78 is 1.71. The molecule has 1 aliphatic heterocycles. The van der Waals surface area contributed by atoms with Gasteiger partial charge in [-0.2, -0.15) is 5.10 Å². The summed E-state index contributed by atoms with van der Waals surface area (Å²) >= 11 is 0. The molecule has 0 saturated carbocycles. The first-order chi connectivity index (χ1) is 14.1. The molecular formula is C22H26N6O. The van der Waals surface area contributed by atoms with Crippen molar-refractivity contribution in [3.8, 4) is 5.82 Å². The van der Waals surface area contributed by atoms with Gasteiger partial charge in [0.2, 0.25) is 5.91 Å². The second kappa shape index (κ2) is 8.43. The van der Waals surface area contributed by atoms with Gasteiger partial charge in [0.1, 0.15) is 12.1 Å². The molecule has 1 aromatic carbocycles. The van der Waals surface area contributed by atoms with Gasteiger partial charge in [0, 0.05) is 37.2 Å². The molecular weight excluding hydrogens is 364 g/mol. The van der Waals surface area contributed by atoms with Crippen LogP contribution in [0.3, 0.4) is 0 Å². The predicted octanol–water partition coefficient (Wildman–Crippen LogP) is 3.64. The first kappa shape index (κ1) is 19.1. The maximum absolute atomic E-state index is 13.0. The summed E-state index contributed by atoms with van der Waals surface area (Å²) in [5.41, 5.74) is 2.07. The van der Waals surface area contributed by atoms with Crippen LogP contribution in [0.1, 0.15) is 38.2 Å². The fraction of sp³-hybridized carbons (Fsp3) is 0.364. The van der Waals surface area contributed by atoms with Crippen molar-refractivity contribution in [3.05, 3.63) is 60.7 Å². The van der Waals surface area contributed by atoms with E-state index in [4.69, 9.17) is 0 Å². The summed E-state index contributed by atoms with van der Waals surface area (Å²) in [6.45, 7) is 5.80. The number of aromatic nitrogens is 4. The number of carbonyl (C=O) groups is 1. The number of anilines is 2. The lowest BCUT2D eigenvalue weighted by Crippen LogP contribution is -2.41. The van der Waals surface area contributed by atoms with Crippen LogP contribution in [0, 0.1) is 5.92 Å². The molecule has 2 aromatic heterocycles. The number of hydrogen-bond acceptors (Lipinski definition) is 5. The van der Waals surface area contributed by atoms with E-state index < -0.39 is 0 Å². The van der Waals surface area contributed by atoms with Crippen molar-refractivity contribution >= 4 is 17.4 Å². The number of para-hydroxylation sites is 1. The highest BCUT2D eigenvalue weighted by Crippen LogP contribution is 2.27. The Morgan fingerprint density at radius 2 is 2.00 bits per heavy atom. The smallest absolute Gasteiger partial charge is 0.229 e. The Bertz CT molecular complexity index is 969. The Balaban J connectivity index is 1.48. The average Bonchev–Trinajstić information content (AvgIpc) is 3.29. The van der Waals surface area contributed by atoms with E-state index in [0.717, 1.165) is 42.3 Å². The van der Waals surface area contributed by atoms with Crippen LogP contribution in [-0.2, 0) is 4.79 Å².